The van der Waals surface area contributed by atoms with Crippen LogP contribution < -0.4 is 0 Å². The first-order valence-electron chi connectivity index (χ1n) is 5.28. The van der Waals surface area contributed by atoms with E-state index in [1.54, 1.807) is 0 Å². The summed E-state index contributed by atoms with van der Waals surface area (Å²) in [6.07, 6.45) is -2.85. The second kappa shape index (κ2) is 5.16. The molecule has 0 heterocycles. The Labute approximate surface area is 87.7 Å². The van der Waals surface area contributed by atoms with Gasteiger partial charge >= 0.3 is 6.36 Å². The van der Waals surface area contributed by atoms with Crippen LogP contribution >= 0.6 is 0 Å². The third-order valence-corrected chi connectivity index (χ3v) is 2.70. The van der Waals surface area contributed by atoms with Crippen LogP contribution in [0.25, 0.3) is 0 Å². The molecule has 5 heteroatoms. The number of hydrogen-bond acceptors (Lipinski definition) is 2. The second-order valence-corrected chi connectivity index (χ2v) is 3.94. The average Bonchev–Trinajstić information content (AvgIpc) is 2.06. The highest BCUT2D eigenvalue weighted by Gasteiger charge is 2.37. The van der Waals surface area contributed by atoms with Gasteiger partial charge in [0.15, 0.2) is 0 Å². The highest BCUT2D eigenvalue weighted by Crippen LogP contribution is 2.35. The van der Waals surface area contributed by atoms with Crippen LogP contribution in [0.3, 0.4) is 0 Å². The normalized spacial score (nSPS) is 28.6. The van der Waals surface area contributed by atoms with Crippen molar-refractivity contribution < 1.29 is 22.6 Å². The fourth-order valence-corrected chi connectivity index (χ4v) is 1.94. The zero-order chi connectivity index (χ0) is 11.5. The maximum Gasteiger partial charge on any atom is 0.522 e. The van der Waals surface area contributed by atoms with Crippen LogP contribution in [0.15, 0.2) is 0 Å². The summed E-state index contributed by atoms with van der Waals surface area (Å²) in [5.41, 5.74) is 0. The largest absolute Gasteiger partial charge is 0.522 e. The molecule has 0 aliphatic heterocycles. The van der Waals surface area contributed by atoms with Crippen molar-refractivity contribution in [3.05, 3.63) is 0 Å². The summed E-state index contributed by atoms with van der Waals surface area (Å²) >= 11 is 0. The summed E-state index contributed by atoms with van der Waals surface area (Å²) in [5.74, 6) is 0.224. The summed E-state index contributed by atoms with van der Waals surface area (Å²) in [6, 6.07) is 0. The summed E-state index contributed by atoms with van der Waals surface area (Å²) in [6.45, 7) is 3.97. The van der Waals surface area contributed by atoms with Crippen LogP contribution in [0.2, 0.25) is 0 Å². The Morgan fingerprint density at radius 1 is 1.33 bits per heavy atom. The van der Waals surface area contributed by atoms with Crippen LogP contribution in [-0.2, 0) is 9.47 Å². The lowest BCUT2D eigenvalue weighted by Crippen LogP contribution is -2.37. The van der Waals surface area contributed by atoms with Gasteiger partial charge in [-0.15, -0.1) is 13.2 Å². The van der Waals surface area contributed by atoms with Crippen molar-refractivity contribution in [3.63, 3.8) is 0 Å². The third kappa shape index (κ3) is 4.38. The molecule has 1 aliphatic carbocycles. The van der Waals surface area contributed by atoms with E-state index in [1.165, 1.54) is 6.92 Å². The van der Waals surface area contributed by atoms with Gasteiger partial charge in [-0.2, -0.15) is 0 Å². The molecule has 0 amide bonds. The Balaban J connectivity index is 2.23. The molecule has 1 fully saturated rings. The lowest BCUT2D eigenvalue weighted by molar-refractivity contribution is -0.342. The first kappa shape index (κ1) is 12.8. The van der Waals surface area contributed by atoms with Crippen molar-refractivity contribution in [2.45, 2.75) is 51.7 Å². The second-order valence-electron chi connectivity index (χ2n) is 3.94. The fraction of sp³-hybridized carbons (Fsp3) is 1.00. The predicted octanol–water partition coefficient (Wildman–Crippen LogP) is 3.12. The monoisotopic (exact) mass is 226 g/mol. The van der Waals surface area contributed by atoms with Gasteiger partial charge in [0.1, 0.15) is 0 Å². The number of ether oxygens (including phenoxy) is 2. The van der Waals surface area contributed by atoms with Crippen LogP contribution in [-0.4, -0.2) is 25.2 Å². The average molecular weight is 226 g/mol. The van der Waals surface area contributed by atoms with Crippen LogP contribution in [0.1, 0.15) is 33.1 Å². The molecule has 0 spiro atoms. The van der Waals surface area contributed by atoms with E-state index < -0.39 is 12.5 Å². The minimum Gasteiger partial charge on any atom is -0.378 e. The van der Waals surface area contributed by atoms with Gasteiger partial charge in [-0.25, -0.2) is 0 Å². The van der Waals surface area contributed by atoms with Gasteiger partial charge in [-0.3, -0.25) is 4.74 Å². The maximum atomic E-state index is 11.9. The fourth-order valence-electron chi connectivity index (χ4n) is 1.94. The number of halogens is 3. The van der Waals surface area contributed by atoms with E-state index in [1.807, 2.05) is 6.92 Å². The van der Waals surface area contributed by atoms with E-state index in [9.17, 15) is 13.2 Å². The Hall–Kier alpha value is -0.290. The molecular weight excluding hydrogens is 209 g/mol. The molecule has 0 aromatic rings. The Kier molecular flexibility index (Phi) is 4.40. The number of rotatable bonds is 5. The molecule has 0 bridgehead atoms. The third-order valence-electron chi connectivity index (χ3n) is 2.70. The maximum absolute atomic E-state index is 11.9. The highest BCUT2D eigenvalue weighted by atomic mass is 19.4. The molecule has 0 aromatic carbocycles. The lowest BCUT2D eigenvalue weighted by atomic mass is 9.78. The number of hydrogen-bond donors (Lipinski definition) is 0. The first-order chi connectivity index (χ1) is 6.92. The minimum absolute atomic E-state index is 0.134. The molecule has 15 heavy (non-hydrogen) atoms. The smallest absolute Gasteiger partial charge is 0.378 e. The minimum atomic E-state index is -4.52. The van der Waals surface area contributed by atoms with E-state index >= 15 is 0 Å². The topological polar surface area (TPSA) is 18.5 Å². The van der Waals surface area contributed by atoms with E-state index in [4.69, 9.17) is 4.74 Å². The van der Waals surface area contributed by atoms with E-state index in [-0.39, 0.29) is 12.0 Å². The van der Waals surface area contributed by atoms with Crippen molar-refractivity contribution in [2.24, 2.45) is 5.92 Å². The van der Waals surface area contributed by atoms with Crippen LogP contribution in [0.4, 0.5) is 13.2 Å². The molecule has 0 radical (unpaired) electrons. The van der Waals surface area contributed by atoms with Crippen molar-refractivity contribution in [3.8, 4) is 0 Å². The Bertz CT molecular complexity index is 194. The molecule has 2 nitrogen and oxygen atoms in total. The molecule has 3 atom stereocenters. The number of alkyl halides is 3. The summed E-state index contributed by atoms with van der Waals surface area (Å²) in [7, 11) is 0. The first-order valence-corrected chi connectivity index (χ1v) is 5.28. The van der Waals surface area contributed by atoms with Crippen molar-refractivity contribution in [2.75, 3.05) is 6.61 Å². The Morgan fingerprint density at radius 2 is 2.00 bits per heavy atom. The zero-order valence-electron chi connectivity index (χ0n) is 9.01. The standard InChI is InChI=1S/C10H17F3O2/c1-3-14-9-5-4-8(9)6-7(2)15-10(11,12)13/h7-9H,3-6H2,1-2H3. The molecule has 1 saturated carbocycles. The van der Waals surface area contributed by atoms with Gasteiger partial charge < -0.3 is 4.74 Å². The van der Waals surface area contributed by atoms with E-state index in [2.05, 4.69) is 4.74 Å². The quantitative estimate of drug-likeness (QED) is 0.717. The van der Waals surface area contributed by atoms with Crippen LogP contribution in [0.5, 0.6) is 0 Å². The molecule has 3 unspecified atom stereocenters. The van der Waals surface area contributed by atoms with E-state index in [0.717, 1.165) is 12.8 Å². The SMILES string of the molecule is CCOC1CCC1CC(C)OC(F)(F)F. The summed E-state index contributed by atoms with van der Waals surface area (Å²) < 4.78 is 44.9. The molecule has 0 N–H and O–H groups in total. The molecule has 1 aliphatic rings. The molecule has 0 aromatic heterocycles. The zero-order valence-corrected chi connectivity index (χ0v) is 9.01. The highest BCUT2D eigenvalue weighted by molar-refractivity contribution is 4.83. The molecule has 90 valence electrons. The van der Waals surface area contributed by atoms with Crippen LogP contribution in [0, 0.1) is 5.92 Å². The van der Waals surface area contributed by atoms with Crippen molar-refractivity contribution >= 4 is 0 Å². The van der Waals surface area contributed by atoms with Gasteiger partial charge in [0, 0.05) is 6.61 Å². The van der Waals surface area contributed by atoms with Gasteiger partial charge in [-0.1, -0.05) is 0 Å². The van der Waals surface area contributed by atoms with Gasteiger partial charge in [0.2, 0.25) is 0 Å². The van der Waals surface area contributed by atoms with Crippen molar-refractivity contribution in [1.82, 2.24) is 0 Å². The van der Waals surface area contributed by atoms with Crippen molar-refractivity contribution in [1.29, 1.82) is 0 Å². The molecular formula is C10H17F3O2. The van der Waals surface area contributed by atoms with Gasteiger partial charge in [0.05, 0.1) is 12.2 Å². The lowest BCUT2D eigenvalue weighted by Gasteiger charge is -2.37. The predicted molar refractivity (Wildman–Crippen MR) is 49.4 cm³/mol. The van der Waals surface area contributed by atoms with Gasteiger partial charge in [0.25, 0.3) is 0 Å². The summed E-state index contributed by atoms with van der Waals surface area (Å²) in [5, 5.41) is 0. The van der Waals surface area contributed by atoms with Gasteiger partial charge in [-0.05, 0) is 39.0 Å². The molecule has 0 saturated heterocycles. The molecule has 1 rings (SSSR count). The Morgan fingerprint density at radius 3 is 2.40 bits per heavy atom. The van der Waals surface area contributed by atoms with E-state index in [0.29, 0.717) is 13.0 Å². The summed E-state index contributed by atoms with van der Waals surface area (Å²) in [4.78, 5) is 0.